The van der Waals surface area contributed by atoms with Gasteiger partial charge in [-0.05, 0) is 48.0 Å². The highest BCUT2D eigenvalue weighted by Gasteiger charge is 2.23. The zero-order valence-electron chi connectivity index (χ0n) is 13.8. The number of amides is 1. The molecular formula is C21H15ClN2O2. The van der Waals surface area contributed by atoms with Crippen molar-refractivity contribution >= 4 is 34.8 Å². The third-order valence-corrected chi connectivity index (χ3v) is 4.30. The number of carbonyl (C=O) groups is 1. The number of benzene rings is 2. The molecule has 4 nitrogen and oxygen atoms in total. The van der Waals surface area contributed by atoms with E-state index in [9.17, 15) is 4.79 Å². The number of fused-ring (bicyclic) bond motifs is 1. The number of nitrogens with one attached hydrogen (secondary N) is 1. The van der Waals surface area contributed by atoms with Crippen LogP contribution in [0.4, 0.5) is 5.69 Å². The number of hydrogen-bond acceptors (Lipinski definition) is 3. The van der Waals surface area contributed by atoms with Crippen LogP contribution in [0.1, 0.15) is 16.8 Å². The Morgan fingerprint density at radius 3 is 2.69 bits per heavy atom. The van der Waals surface area contributed by atoms with Crippen molar-refractivity contribution in [3.8, 4) is 5.75 Å². The second kappa shape index (κ2) is 7.02. The summed E-state index contributed by atoms with van der Waals surface area (Å²) in [7, 11) is 0. The molecule has 0 bridgehead atoms. The van der Waals surface area contributed by atoms with Crippen LogP contribution in [-0.2, 0) is 11.4 Å². The zero-order valence-corrected chi connectivity index (χ0v) is 14.5. The molecule has 0 aliphatic carbocycles. The monoisotopic (exact) mass is 362 g/mol. The first-order valence-electron chi connectivity index (χ1n) is 8.15. The number of hydrogen-bond donors (Lipinski definition) is 1. The van der Waals surface area contributed by atoms with E-state index in [1.54, 1.807) is 18.3 Å². The summed E-state index contributed by atoms with van der Waals surface area (Å²) >= 11 is 5.98. The summed E-state index contributed by atoms with van der Waals surface area (Å²) in [6, 6.07) is 18.7. The Labute approximate surface area is 156 Å². The molecule has 1 aromatic heterocycles. The highest BCUT2D eigenvalue weighted by molar-refractivity contribution is 6.36. The Bertz CT molecular complexity index is 983. The second-order valence-corrected chi connectivity index (χ2v) is 6.32. The van der Waals surface area contributed by atoms with Gasteiger partial charge in [0.15, 0.2) is 0 Å². The highest BCUT2D eigenvalue weighted by Crippen LogP contribution is 2.35. The lowest BCUT2D eigenvalue weighted by Crippen LogP contribution is -2.03. The number of ether oxygens (including phenoxy) is 1. The minimum Gasteiger partial charge on any atom is -0.487 e. The van der Waals surface area contributed by atoms with E-state index >= 15 is 0 Å². The van der Waals surface area contributed by atoms with Crippen molar-refractivity contribution in [3.05, 3.63) is 88.7 Å². The molecule has 0 atom stereocenters. The van der Waals surface area contributed by atoms with Crippen molar-refractivity contribution in [2.75, 3.05) is 5.32 Å². The van der Waals surface area contributed by atoms with Crippen LogP contribution in [0.2, 0.25) is 5.02 Å². The van der Waals surface area contributed by atoms with Crippen LogP contribution in [0.5, 0.6) is 5.75 Å². The fourth-order valence-corrected chi connectivity index (χ4v) is 2.95. The molecule has 1 N–H and O–H groups in total. The quantitative estimate of drug-likeness (QED) is 0.678. The van der Waals surface area contributed by atoms with Gasteiger partial charge in [0.1, 0.15) is 12.4 Å². The van der Waals surface area contributed by atoms with Crippen molar-refractivity contribution in [1.29, 1.82) is 0 Å². The first-order valence-corrected chi connectivity index (χ1v) is 8.52. The van der Waals surface area contributed by atoms with Crippen LogP contribution >= 0.6 is 11.6 Å². The lowest BCUT2D eigenvalue weighted by Gasteiger charge is -2.06. The van der Waals surface area contributed by atoms with Crippen LogP contribution in [0.3, 0.4) is 0 Å². The average molecular weight is 363 g/mol. The third kappa shape index (κ3) is 3.46. The third-order valence-electron chi connectivity index (χ3n) is 4.07. The van der Waals surface area contributed by atoms with Gasteiger partial charge < -0.3 is 10.1 Å². The number of aromatic nitrogens is 1. The lowest BCUT2D eigenvalue weighted by atomic mass is 10.0. The Balaban J connectivity index is 1.51. The van der Waals surface area contributed by atoms with Gasteiger partial charge in [-0.1, -0.05) is 35.9 Å². The predicted molar refractivity (Wildman–Crippen MR) is 103 cm³/mol. The summed E-state index contributed by atoms with van der Waals surface area (Å²) in [4.78, 5) is 16.4. The van der Waals surface area contributed by atoms with Crippen molar-refractivity contribution < 1.29 is 9.53 Å². The van der Waals surface area contributed by atoms with E-state index < -0.39 is 0 Å². The van der Waals surface area contributed by atoms with E-state index in [1.165, 1.54) is 0 Å². The molecule has 3 aromatic rings. The number of nitrogens with zero attached hydrogens (tertiary/aromatic N) is 1. The minimum atomic E-state index is -0.127. The van der Waals surface area contributed by atoms with Crippen molar-refractivity contribution in [1.82, 2.24) is 4.98 Å². The van der Waals surface area contributed by atoms with E-state index in [0.717, 1.165) is 28.3 Å². The van der Waals surface area contributed by atoms with Gasteiger partial charge in [-0.3, -0.25) is 9.78 Å². The number of carbonyl (C=O) groups excluding carboxylic acids is 1. The molecule has 2 heterocycles. The second-order valence-electron chi connectivity index (χ2n) is 5.88. The highest BCUT2D eigenvalue weighted by atomic mass is 35.5. The van der Waals surface area contributed by atoms with Gasteiger partial charge >= 0.3 is 0 Å². The van der Waals surface area contributed by atoms with Gasteiger partial charge in [-0.25, -0.2) is 0 Å². The van der Waals surface area contributed by atoms with Gasteiger partial charge in [0.05, 0.1) is 11.4 Å². The Morgan fingerprint density at radius 2 is 1.92 bits per heavy atom. The molecule has 0 unspecified atom stereocenters. The summed E-state index contributed by atoms with van der Waals surface area (Å²) in [5.41, 5.74) is 4.01. The van der Waals surface area contributed by atoms with E-state index in [4.69, 9.17) is 16.3 Å². The predicted octanol–water partition coefficient (Wildman–Crippen LogP) is 4.81. The van der Waals surface area contributed by atoms with E-state index in [1.807, 2.05) is 54.6 Å². The maximum atomic E-state index is 12.2. The minimum absolute atomic E-state index is 0.127. The molecule has 0 spiro atoms. The molecule has 26 heavy (non-hydrogen) atoms. The standard InChI is InChI=1S/C21H15ClN2O2/c22-15-6-9-18-19(21(25)24-20(18)12-15)11-14-4-7-17(8-5-14)26-13-16-3-1-2-10-23-16/h1-12H,13H2,(H,24,25)/b19-11+. The molecule has 0 fully saturated rings. The van der Waals surface area contributed by atoms with Gasteiger partial charge in [-0.2, -0.15) is 0 Å². The summed E-state index contributed by atoms with van der Waals surface area (Å²) < 4.78 is 5.73. The van der Waals surface area contributed by atoms with Crippen LogP contribution in [0.15, 0.2) is 66.9 Å². The van der Waals surface area contributed by atoms with Gasteiger partial charge in [0.25, 0.3) is 5.91 Å². The molecule has 0 saturated carbocycles. The summed E-state index contributed by atoms with van der Waals surface area (Å²) in [5, 5.41) is 3.43. The maximum Gasteiger partial charge on any atom is 0.256 e. The SMILES string of the molecule is O=C1Nc2cc(Cl)ccc2/C1=C\c1ccc(OCc2ccccn2)cc1. The molecule has 5 heteroatoms. The number of anilines is 1. The molecule has 1 aliphatic rings. The summed E-state index contributed by atoms with van der Waals surface area (Å²) in [6.45, 7) is 0.415. The normalized spacial score (nSPS) is 14.2. The van der Waals surface area contributed by atoms with E-state index in [2.05, 4.69) is 10.3 Å². The molecule has 1 amide bonds. The largest absolute Gasteiger partial charge is 0.487 e. The van der Waals surface area contributed by atoms with Gasteiger partial charge in [0, 0.05) is 22.4 Å². The maximum absolute atomic E-state index is 12.2. The number of halogens is 1. The fourth-order valence-electron chi connectivity index (χ4n) is 2.78. The molecular weight excluding hydrogens is 348 g/mol. The molecule has 0 radical (unpaired) electrons. The topological polar surface area (TPSA) is 51.2 Å². The Kier molecular flexibility index (Phi) is 4.42. The molecule has 0 saturated heterocycles. The number of pyridine rings is 1. The smallest absolute Gasteiger partial charge is 0.256 e. The summed E-state index contributed by atoms with van der Waals surface area (Å²) in [5.74, 6) is 0.624. The Morgan fingerprint density at radius 1 is 1.08 bits per heavy atom. The zero-order chi connectivity index (χ0) is 17.9. The number of rotatable bonds is 4. The van der Waals surface area contributed by atoms with Crippen LogP contribution < -0.4 is 10.1 Å². The average Bonchev–Trinajstić information content (AvgIpc) is 2.96. The van der Waals surface area contributed by atoms with Crippen LogP contribution in [0, 0.1) is 0 Å². The van der Waals surface area contributed by atoms with Crippen molar-refractivity contribution in [2.24, 2.45) is 0 Å². The fraction of sp³-hybridized carbons (Fsp3) is 0.0476. The first kappa shape index (κ1) is 16.4. The van der Waals surface area contributed by atoms with Gasteiger partial charge in [0.2, 0.25) is 0 Å². The molecule has 1 aliphatic heterocycles. The van der Waals surface area contributed by atoms with Gasteiger partial charge in [-0.15, -0.1) is 0 Å². The first-order chi connectivity index (χ1) is 12.7. The Hall–Kier alpha value is -3.11. The molecule has 2 aromatic carbocycles. The molecule has 128 valence electrons. The van der Waals surface area contributed by atoms with Crippen LogP contribution in [-0.4, -0.2) is 10.9 Å². The molecule has 4 rings (SSSR count). The van der Waals surface area contributed by atoms with Crippen molar-refractivity contribution in [3.63, 3.8) is 0 Å². The summed E-state index contributed by atoms with van der Waals surface area (Å²) in [6.07, 6.45) is 3.60. The van der Waals surface area contributed by atoms with Crippen molar-refractivity contribution in [2.45, 2.75) is 6.61 Å². The van der Waals surface area contributed by atoms with E-state index in [0.29, 0.717) is 17.2 Å². The van der Waals surface area contributed by atoms with Crippen LogP contribution in [0.25, 0.3) is 11.6 Å². The lowest BCUT2D eigenvalue weighted by molar-refractivity contribution is -0.110. The van der Waals surface area contributed by atoms with E-state index in [-0.39, 0.29) is 5.91 Å².